The molecule has 0 bridgehead atoms. The van der Waals surface area contributed by atoms with Gasteiger partial charge >= 0.3 is 0 Å². The molecule has 0 saturated carbocycles. The second-order valence-corrected chi connectivity index (χ2v) is 4.86. The van der Waals surface area contributed by atoms with Crippen molar-refractivity contribution in [3.63, 3.8) is 0 Å². The van der Waals surface area contributed by atoms with Crippen LogP contribution in [-0.2, 0) is 5.33 Å². The molecule has 19 heavy (non-hydrogen) atoms. The van der Waals surface area contributed by atoms with Gasteiger partial charge in [0.05, 0.1) is 0 Å². The van der Waals surface area contributed by atoms with Crippen molar-refractivity contribution < 1.29 is 9.47 Å². The maximum absolute atomic E-state index is 5.65. The summed E-state index contributed by atoms with van der Waals surface area (Å²) in [5.41, 5.74) is 2.40. The van der Waals surface area contributed by atoms with Gasteiger partial charge in [0.1, 0.15) is 24.7 Å². The van der Waals surface area contributed by atoms with Crippen LogP contribution in [0.5, 0.6) is 11.5 Å². The first kappa shape index (κ1) is 13.9. The fourth-order valence-corrected chi connectivity index (χ4v) is 2.09. The lowest BCUT2D eigenvalue weighted by Gasteiger charge is -2.09. The Morgan fingerprint density at radius 3 is 2.16 bits per heavy atom. The van der Waals surface area contributed by atoms with Crippen LogP contribution in [0.3, 0.4) is 0 Å². The Labute approximate surface area is 122 Å². The van der Waals surface area contributed by atoms with E-state index in [0.29, 0.717) is 13.2 Å². The molecule has 0 unspecified atom stereocenters. The van der Waals surface area contributed by atoms with Crippen LogP contribution in [-0.4, -0.2) is 13.2 Å². The van der Waals surface area contributed by atoms with Crippen molar-refractivity contribution in [1.82, 2.24) is 0 Å². The second kappa shape index (κ2) is 7.19. The molecular formula is C16H17BrO2. The average Bonchev–Trinajstić information content (AvgIpc) is 2.44. The monoisotopic (exact) mass is 320 g/mol. The van der Waals surface area contributed by atoms with E-state index in [1.54, 1.807) is 0 Å². The van der Waals surface area contributed by atoms with Gasteiger partial charge in [0.15, 0.2) is 0 Å². The lowest BCUT2D eigenvalue weighted by Crippen LogP contribution is -2.09. The zero-order valence-electron chi connectivity index (χ0n) is 10.9. The summed E-state index contributed by atoms with van der Waals surface area (Å²) in [5.74, 6) is 1.77. The van der Waals surface area contributed by atoms with Crippen LogP contribution < -0.4 is 9.47 Å². The molecule has 0 radical (unpaired) electrons. The van der Waals surface area contributed by atoms with Gasteiger partial charge in [-0.1, -0.05) is 40.2 Å². The summed E-state index contributed by atoms with van der Waals surface area (Å²) in [4.78, 5) is 0. The molecule has 0 spiro atoms. The topological polar surface area (TPSA) is 18.5 Å². The van der Waals surface area contributed by atoms with Crippen molar-refractivity contribution in [3.05, 3.63) is 59.7 Å². The van der Waals surface area contributed by atoms with Gasteiger partial charge in [-0.2, -0.15) is 0 Å². The van der Waals surface area contributed by atoms with Crippen LogP contribution in [0.15, 0.2) is 48.5 Å². The summed E-state index contributed by atoms with van der Waals surface area (Å²) >= 11 is 3.43. The number of halogens is 1. The number of rotatable bonds is 6. The molecule has 2 rings (SSSR count). The van der Waals surface area contributed by atoms with Gasteiger partial charge < -0.3 is 9.47 Å². The number of hydrogen-bond donors (Lipinski definition) is 0. The van der Waals surface area contributed by atoms with Crippen molar-refractivity contribution in [2.45, 2.75) is 12.3 Å². The Kier molecular flexibility index (Phi) is 5.28. The van der Waals surface area contributed by atoms with Crippen LogP contribution in [0, 0.1) is 6.92 Å². The number of hydrogen-bond acceptors (Lipinski definition) is 2. The van der Waals surface area contributed by atoms with Crippen molar-refractivity contribution in [2.75, 3.05) is 13.2 Å². The van der Waals surface area contributed by atoms with E-state index >= 15 is 0 Å². The SMILES string of the molecule is Cc1cccc(OCCOc2cccc(CBr)c2)c1. The van der Waals surface area contributed by atoms with Crippen LogP contribution >= 0.6 is 15.9 Å². The molecule has 0 fully saturated rings. The molecule has 0 aliphatic carbocycles. The summed E-state index contributed by atoms with van der Waals surface area (Å²) in [6, 6.07) is 16.1. The largest absolute Gasteiger partial charge is 0.490 e. The zero-order chi connectivity index (χ0) is 13.5. The van der Waals surface area contributed by atoms with Crippen molar-refractivity contribution in [2.24, 2.45) is 0 Å². The summed E-state index contributed by atoms with van der Waals surface area (Å²) in [5, 5.41) is 0.837. The number of ether oxygens (including phenoxy) is 2. The highest BCUT2D eigenvalue weighted by molar-refractivity contribution is 9.08. The van der Waals surface area contributed by atoms with E-state index in [4.69, 9.17) is 9.47 Å². The molecule has 0 heterocycles. The maximum Gasteiger partial charge on any atom is 0.122 e. The van der Waals surface area contributed by atoms with Gasteiger partial charge in [-0.3, -0.25) is 0 Å². The van der Waals surface area contributed by atoms with E-state index < -0.39 is 0 Å². The van der Waals surface area contributed by atoms with E-state index in [0.717, 1.165) is 16.8 Å². The Morgan fingerprint density at radius 1 is 0.895 bits per heavy atom. The van der Waals surface area contributed by atoms with E-state index in [1.807, 2.05) is 36.4 Å². The fraction of sp³-hybridized carbons (Fsp3) is 0.250. The molecule has 2 aromatic rings. The van der Waals surface area contributed by atoms with Crippen molar-refractivity contribution >= 4 is 15.9 Å². The first-order valence-corrected chi connectivity index (χ1v) is 7.37. The van der Waals surface area contributed by atoms with Gasteiger partial charge in [0, 0.05) is 5.33 Å². The van der Waals surface area contributed by atoms with Gasteiger partial charge in [0.25, 0.3) is 0 Å². The smallest absolute Gasteiger partial charge is 0.122 e. The molecule has 0 amide bonds. The molecule has 100 valence electrons. The van der Waals surface area contributed by atoms with Gasteiger partial charge in [0.2, 0.25) is 0 Å². The van der Waals surface area contributed by atoms with Crippen LogP contribution in [0.4, 0.5) is 0 Å². The third kappa shape index (κ3) is 4.60. The van der Waals surface area contributed by atoms with E-state index in [9.17, 15) is 0 Å². The highest BCUT2D eigenvalue weighted by atomic mass is 79.9. The third-order valence-corrected chi connectivity index (χ3v) is 3.31. The minimum absolute atomic E-state index is 0.541. The van der Waals surface area contributed by atoms with E-state index in [1.165, 1.54) is 11.1 Å². The van der Waals surface area contributed by atoms with Crippen LogP contribution in [0.25, 0.3) is 0 Å². The summed E-state index contributed by atoms with van der Waals surface area (Å²) < 4.78 is 11.3. The molecular weight excluding hydrogens is 304 g/mol. The highest BCUT2D eigenvalue weighted by Crippen LogP contribution is 2.16. The van der Waals surface area contributed by atoms with Crippen molar-refractivity contribution in [3.8, 4) is 11.5 Å². The van der Waals surface area contributed by atoms with Gasteiger partial charge in [-0.25, -0.2) is 0 Å². The Bertz CT molecular complexity index is 526. The van der Waals surface area contributed by atoms with Crippen LogP contribution in [0.1, 0.15) is 11.1 Å². The predicted molar refractivity (Wildman–Crippen MR) is 81.2 cm³/mol. The Balaban J connectivity index is 1.77. The number of aryl methyl sites for hydroxylation is 1. The summed E-state index contributed by atoms with van der Waals surface area (Å²) in [6.45, 7) is 3.14. The molecule has 0 aromatic heterocycles. The molecule has 0 aliphatic rings. The van der Waals surface area contributed by atoms with Gasteiger partial charge in [-0.15, -0.1) is 0 Å². The maximum atomic E-state index is 5.65. The number of alkyl halides is 1. The first-order chi connectivity index (χ1) is 9.28. The molecule has 3 heteroatoms. The number of benzene rings is 2. The Hall–Kier alpha value is -1.48. The average molecular weight is 321 g/mol. The molecule has 0 N–H and O–H groups in total. The summed E-state index contributed by atoms with van der Waals surface area (Å²) in [7, 11) is 0. The molecule has 0 saturated heterocycles. The lowest BCUT2D eigenvalue weighted by molar-refractivity contribution is 0.217. The third-order valence-electron chi connectivity index (χ3n) is 2.66. The quantitative estimate of drug-likeness (QED) is 0.582. The van der Waals surface area contributed by atoms with Crippen molar-refractivity contribution in [1.29, 1.82) is 0 Å². The lowest BCUT2D eigenvalue weighted by atomic mass is 10.2. The second-order valence-electron chi connectivity index (χ2n) is 4.29. The minimum Gasteiger partial charge on any atom is -0.490 e. The highest BCUT2D eigenvalue weighted by Gasteiger charge is 1.97. The minimum atomic E-state index is 0.541. The molecule has 2 aromatic carbocycles. The van der Waals surface area contributed by atoms with Gasteiger partial charge in [-0.05, 0) is 42.3 Å². The molecule has 2 nitrogen and oxygen atoms in total. The predicted octanol–water partition coefficient (Wildman–Crippen LogP) is 4.35. The Morgan fingerprint density at radius 2 is 1.53 bits per heavy atom. The van der Waals surface area contributed by atoms with Crippen LogP contribution in [0.2, 0.25) is 0 Å². The van der Waals surface area contributed by atoms with E-state index in [-0.39, 0.29) is 0 Å². The molecule has 0 atom stereocenters. The summed E-state index contributed by atoms with van der Waals surface area (Å²) in [6.07, 6.45) is 0. The molecule has 0 aliphatic heterocycles. The first-order valence-electron chi connectivity index (χ1n) is 6.25. The zero-order valence-corrected chi connectivity index (χ0v) is 12.5. The van der Waals surface area contributed by atoms with E-state index in [2.05, 4.69) is 35.0 Å². The standard InChI is InChI=1S/C16H17BrO2/c1-13-4-2-6-15(10-13)18-8-9-19-16-7-3-5-14(11-16)12-17/h2-7,10-11H,8-9,12H2,1H3. The fourth-order valence-electron chi connectivity index (χ4n) is 1.74. The normalized spacial score (nSPS) is 10.2.